The number of carbonyl (C=O) groups excluding carboxylic acids is 2. The predicted molar refractivity (Wildman–Crippen MR) is 98.4 cm³/mol. The highest BCUT2D eigenvalue weighted by atomic mass is 35.5. The van der Waals surface area contributed by atoms with Crippen LogP contribution in [-0.4, -0.2) is 30.5 Å². The van der Waals surface area contributed by atoms with Gasteiger partial charge in [0.2, 0.25) is 0 Å². The number of esters is 1. The van der Waals surface area contributed by atoms with E-state index in [2.05, 4.69) is 10.1 Å². The second-order valence-corrected chi connectivity index (χ2v) is 5.92. The second kappa shape index (κ2) is 8.56. The van der Waals surface area contributed by atoms with Crippen molar-refractivity contribution in [1.29, 1.82) is 0 Å². The molecule has 2 rings (SSSR count). The van der Waals surface area contributed by atoms with Gasteiger partial charge in [-0.1, -0.05) is 23.2 Å². The van der Waals surface area contributed by atoms with E-state index in [0.29, 0.717) is 0 Å². The number of methoxy groups -OCH3 is 1. The lowest BCUT2D eigenvalue weighted by Crippen LogP contribution is -2.30. The van der Waals surface area contributed by atoms with Crippen molar-refractivity contribution in [3.05, 3.63) is 56.1 Å². The Hall–Kier alpha value is -3.04. The molecule has 2 aromatic carbocycles. The van der Waals surface area contributed by atoms with E-state index in [-0.39, 0.29) is 45.0 Å². The van der Waals surface area contributed by atoms with Crippen LogP contribution < -0.4 is 15.8 Å². The number of benzene rings is 2. The highest BCUT2D eigenvalue weighted by Gasteiger charge is 2.18. The molecule has 27 heavy (non-hydrogen) atoms. The first-order valence-corrected chi connectivity index (χ1v) is 8.04. The zero-order chi connectivity index (χ0) is 20.1. The van der Waals surface area contributed by atoms with Crippen molar-refractivity contribution in [3.63, 3.8) is 0 Å². The molecule has 3 N–H and O–H groups in total. The third-order valence-corrected chi connectivity index (χ3v) is 3.86. The van der Waals surface area contributed by atoms with Crippen molar-refractivity contribution in [2.24, 2.45) is 0 Å². The molecule has 1 amide bonds. The summed E-state index contributed by atoms with van der Waals surface area (Å²) in [6.45, 7) is -0.322. The number of carbonyl (C=O) groups is 2. The fraction of sp³-hybridized carbons (Fsp3) is 0.125. The molecule has 0 saturated heterocycles. The first-order chi connectivity index (χ1) is 12.7. The maximum atomic E-state index is 12.0. The van der Waals surface area contributed by atoms with Gasteiger partial charge in [0.05, 0.1) is 28.1 Å². The molecule has 0 aliphatic heterocycles. The van der Waals surface area contributed by atoms with Crippen LogP contribution in [0.5, 0.6) is 11.5 Å². The number of amides is 1. The Morgan fingerprint density at radius 1 is 1.22 bits per heavy atom. The van der Waals surface area contributed by atoms with Gasteiger partial charge in [-0.15, -0.1) is 0 Å². The molecule has 0 fully saturated rings. The molecule has 2 aromatic rings. The number of ether oxygens (including phenoxy) is 2. The number of rotatable bonds is 6. The number of nitrogens with zero attached hydrogens (tertiary/aromatic N) is 1. The van der Waals surface area contributed by atoms with Gasteiger partial charge in [-0.2, -0.15) is 0 Å². The van der Waals surface area contributed by atoms with Crippen LogP contribution in [0.25, 0.3) is 0 Å². The zero-order valence-corrected chi connectivity index (χ0v) is 15.3. The summed E-state index contributed by atoms with van der Waals surface area (Å²) in [6.07, 6.45) is 0. The van der Waals surface area contributed by atoms with Gasteiger partial charge in [-0.25, -0.2) is 0 Å². The molecular formula is C16H13Cl2N3O6. The van der Waals surface area contributed by atoms with E-state index in [1.165, 1.54) is 31.4 Å². The molecule has 0 radical (unpaired) electrons. The largest absolute Gasteiger partial charge is 0.468 e. The number of nitrogens with one attached hydrogen (secondary N) is 1. The number of nitrogens with two attached hydrogens (primary N) is 1. The number of nitro groups is 1. The standard InChI is InChI=1S/C16H13Cl2N3O6/c1-26-14(22)7-20-16(23)8-4-10(17)15(11(18)5-8)27-9-2-3-12(19)13(6-9)21(24)25/h2-6H,7,19H2,1H3,(H,20,23). The molecule has 0 aromatic heterocycles. The minimum absolute atomic E-state index is 0.00178. The van der Waals surface area contributed by atoms with Gasteiger partial charge in [-0.3, -0.25) is 19.7 Å². The summed E-state index contributed by atoms with van der Waals surface area (Å²) in [6, 6.07) is 6.40. The predicted octanol–water partition coefficient (Wildman–Crippen LogP) is 3.18. The van der Waals surface area contributed by atoms with Crippen LogP contribution in [0.3, 0.4) is 0 Å². The maximum absolute atomic E-state index is 12.0. The van der Waals surface area contributed by atoms with Crippen molar-refractivity contribution < 1.29 is 24.0 Å². The average Bonchev–Trinajstić information content (AvgIpc) is 2.63. The Kier molecular flexibility index (Phi) is 6.43. The monoisotopic (exact) mass is 413 g/mol. The summed E-state index contributed by atoms with van der Waals surface area (Å²) < 4.78 is 9.93. The molecule has 9 nitrogen and oxygen atoms in total. The zero-order valence-electron chi connectivity index (χ0n) is 13.8. The average molecular weight is 414 g/mol. The summed E-state index contributed by atoms with van der Waals surface area (Å²) in [5.41, 5.74) is 5.26. The van der Waals surface area contributed by atoms with Crippen molar-refractivity contribution in [2.75, 3.05) is 19.4 Å². The second-order valence-electron chi connectivity index (χ2n) is 5.11. The maximum Gasteiger partial charge on any atom is 0.325 e. The topological polar surface area (TPSA) is 134 Å². The Bertz CT molecular complexity index is 896. The van der Waals surface area contributed by atoms with Gasteiger partial charge in [0.1, 0.15) is 18.0 Å². The van der Waals surface area contributed by atoms with Crippen molar-refractivity contribution in [1.82, 2.24) is 5.32 Å². The van der Waals surface area contributed by atoms with E-state index < -0.39 is 16.8 Å². The van der Waals surface area contributed by atoms with Crippen LogP contribution >= 0.6 is 23.2 Å². The molecule has 0 atom stereocenters. The number of nitrogen functional groups attached to an aromatic ring is 1. The van der Waals surface area contributed by atoms with Gasteiger partial charge in [0.25, 0.3) is 11.6 Å². The van der Waals surface area contributed by atoms with E-state index in [4.69, 9.17) is 33.7 Å². The normalized spacial score (nSPS) is 10.2. The number of halogens is 2. The van der Waals surface area contributed by atoms with Crippen LogP contribution in [0.4, 0.5) is 11.4 Å². The lowest BCUT2D eigenvalue weighted by atomic mass is 10.2. The van der Waals surface area contributed by atoms with Gasteiger partial charge < -0.3 is 20.5 Å². The van der Waals surface area contributed by atoms with Crippen LogP contribution in [0.2, 0.25) is 10.0 Å². The molecule has 0 bridgehead atoms. The quantitative estimate of drug-likeness (QED) is 0.321. The summed E-state index contributed by atoms with van der Waals surface area (Å²) in [5.74, 6) is -1.13. The molecule has 0 spiro atoms. The summed E-state index contributed by atoms with van der Waals surface area (Å²) >= 11 is 12.2. The van der Waals surface area contributed by atoms with Gasteiger partial charge in [0.15, 0.2) is 5.75 Å². The molecule has 0 heterocycles. The van der Waals surface area contributed by atoms with E-state index in [9.17, 15) is 19.7 Å². The number of hydrogen-bond donors (Lipinski definition) is 2. The number of hydrogen-bond acceptors (Lipinski definition) is 7. The van der Waals surface area contributed by atoms with E-state index in [0.717, 1.165) is 6.07 Å². The first kappa shape index (κ1) is 20.3. The smallest absolute Gasteiger partial charge is 0.325 e. The fourth-order valence-electron chi connectivity index (χ4n) is 1.98. The van der Waals surface area contributed by atoms with Gasteiger partial charge in [0, 0.05) is 5.56 Å². The van der Waals surface area contributed by atoms with Crippen LogP contribution in [0, 0.1) is 10.1 Å². The Labute approximate surface area is 163 Å². The highest BCUT2D eigenvalue weighted by Crippen LogP contribution is 2.38. The Morgan fingerprint density at radius 3 is 2.41 bits per heavy atom. The SMILES string of the molecule is COC(=O)CNC(=O)c1cc(Cl)c(Oc2ccc(N)c([N+](=O)[O-])c2)c(Cl)c1. The fourth-order valence-corrected chi connectivity index (χ4v) is 2.54. The lowest BCUT2D eigenvalue weighted by molar-refractivity contribution is -0.384. The molecule has 0 saturated carbocycles. The molecule has 11 heteroatoms. The third-order valence-electron chi connectivity index (χ3n) is 3.30. The van der Waals surface area contributed by atoms with Crippen LogP contribution in [0.1, 0.15) is 10.4 Å². The summed E-state index contributed by atoms with van der Waals surface area (Å²) in [5, 5.41) is 13.3. The van der Waals surface area contributed by atoms with Crippen molar-refractivity contribution in [2.45, 2.75) is 0 Å². The van der Waals surface area contributed by atoms with Crippen LogP contribution in [0.15, 0.2) is 30.3 Å². The molecule has 0 unspecified atom stereocenters. The van der Waals surface area contributed by atoms with E-state index in [1.807, 2.05) is 0 Å². The minimum atomic E-state index is -0.653. The Morgan fingerprint density at radius 2 is 1.85 bits per heavy atom. The molecule has 0 aliphatic rings. The van der Waals surface area contributed by atoms with E-state index >= 15 is 0 Å². The number of nitro benzene ring substituents is 1. The van der Waals surface area contributed by atoms with Crippen molar-refractivity contribution >= 4 is 46.5 Å². The molecule has 0 aliphatic carbocycles. The van der Waals surface area contributed by atoms with Gasteiger partial charge >= 0.3 is 5.97 Å². The Balaban J connectivity index is 2.25. The van der Waals surface area contributed by atoms with Gasteiger partial charge in [-0.05, 0) is 24.3 Å². The minimum Gasteiger partial charge on any atom is -0.468 e. The lowest BCUT2D eigenvalue weighted by Gasteiger charge is -2.12. The third kappa shape index (κ3) is 4.99. The highest BCUT2D eigenvalue weighted by molar-refractivity contribution is 6.37. The molecular weight excluding hydrogens is 401 g/mol. The van der Waals surface area contributed by atoms with Crippen LogP contribution in [-0.2, 0) is 9.53 Å². The van der Waals surface area contributed by atoms with E-state index in [1.54, 1.807) is 0 Å². The first-order valence-electron chi connectivity index (χ1n) is 7.28. The number of anilines is 1. The van der Waals surface area contributed by atoms with Crippen molar-refractivity contribution in [3.8, 4) is 11.5 Å². The molecule has 142 valence electrons. The summed E-state index contributed by atoms with van der Waals surface area (Å²) in [4.78, 5) is 33.4. The summed E-state index contributed by atoms with van der Waals surface area (Å²) in [7, 11) is 1.19.